The van der Waals surface area contributed by atoms with Gasteiger partial charge in [-0.2, -0.15) is 0 Å². The van der Waals surface area contributed by atoms with Crippen LogP contribution in [0.15, 0.2) is 12.4 Å². The minimum absolute atomic E-state index is 0.0845. The Bertz CT molecular complexity index is 433. The van der Waals surface area contributed by atoms with Gasteiger partial charge < -0.3 is 15.3 Å². The normalized spacial score (nSPS) is 18.9. The molecule has 6 heteroatoms. The summed E-state index contributed by atoms with van der Waals surface area (Å²) in [5.74, 6) is 0.591. The molecule has 1 aliphatic heterocycles. The highest BCUT2D eigenvalue weighted by Crippen LogP contribution is 2.21. The summed E-state index contributed by atoms with van der Waals surface area (Å²) in [7, 11) is 0. The molecule has 1 fully saturated rings. The summed E-state index contributed by atoms with van der Waals surface area (Å²) in [5, 5.41) is 12.2. The molecule has 1 saturated heterocycles. The SMILES string of the molecule is CCNc1cnc(C(=O)N2CCCCC2CCO)cn1. The lowest BCUT2D eigenvalue weighted by Crippen LogP contribution is -2.44. The molecule has 1 aromatic heterocycles. The number of piperidine rings is 1. The number of amides is 1. The van der Waals surface area contributed by atoms with E-state index < -0.39 is 0 Å². The Kier molecular flexibility index (Phi) is 5.29. The number of nitrogens with one attached hydrogen (secondary N) is 1. The predicted octanol–water partition coefficient (Wildman–Crippen LogP) is 1.29. The molecular formula is C14H22N4O2. The van der Waals surface area contributed by atoms with E-state index in [2.05, 4.69) is 15.3 Å². The Morgan fingerprint density at radius 1 is 1.45 bits per heavy atom. The van der Waals surface area contributed by atoms with E-state index in [4.69, 9.17) is 5.11 Å². The lowest BCUT2D eigenvalue weighted by Gasteiger charge is -2.35. The van der Waals surface area contributed by atoms with Gasteiger partial charge in [0.2, 0.25) is 0 Å². The number of aromatic nitrogens is 2. The Balaban J connectivity index is 2.08. The van der Waals surface area contributed by atoms with Crippen LogP contribution in [0.4, 0.5) is 5.82 Å². The quantitative estimate of drug-likeness (QED) is 0.848. The van der Waals surface area contributed by atoms with Crippen molar-refractivity contribution in [2.45, 2.75) is 38.6 Å². The minimum atomic E-state index is -0.0845. The van der Waals surface area contributed by atoms with E-state index in [1.54, 1.807) is 6.20 Å². The number of aliphatic hydroxyl groups excluding tert-OH is 1. The number of hydrogen-bond acceptors (Lipinski definition) is 5. The highest BCUT2D eigenvalue weighted by molar-refractivity contribution is 5.92. The van der Waals surface area contributed by atoms with Crippen molar-refractivity contribution in [2.75, 3.05) is 25.0 Å². The molecule has 6 nitrogen and oxygen atoms in total. The molecule has 20 heavy (non-hydrogen) atoms. The van der Waals surface area contributed by atoms with E-state index >= 15 is 0 Å². The Labute approximate surface area is 119 Å². The second-order valence-corrected chi connectivity index (χ2v) is 4.98. The average molecular weight is 278 g/mol. The minimum Gasteiger partial charge on any atom is -0.396 e. The molecule has 2 heterocycles. The summed E-state index contributed by atoms with van der Waals surface area (Å²) >= 11 is 0. The monoisotopic (exact) mass is 278 g/mol. The number of likely N-dealkylation sites (tertiary alicyclic amines) is 1. The smallest absolute Gasteiger partial charge is 0.274 e. The number of anilines is 1. The van der Waals surface area contributed by atoms with Gasteiger partial charge in [-0.3, -0.25) is 4.79 Å². The lowest BCUT2D eigenvalue weighted by atomic mass is 9.99. The predicted molar refractivity (Wildman–Crippen MR) is 76.6 cm³/mol. The second-order valence-electron chi connectivity index (χ2n) is 4.98. The van der Waals surface area contributed by atoms with E-state index in [0.29, 0.717) is 17.9 Å². The molecule has 0 bridgehead atoms. The third kappa shape index (κ3) is 3.45. The van der Waals surface area contributed by atoms with E-state index in [1.165, 1.54) is 6.20 Å². The molecule has 0 aromatic carbocycles. The van der Waals surface area contributed by atoms with Gasteiger partial charge in [0.05, 0.1) is 12.4 Å². The zero-order valence-corrected chi connectivity index (χ0v) is 11.9. The number of nitrogens with zero attached hydrogens (tertiary/aromatic N) is 3. The first-order chi connectivity index (χ1) is 9.76. The maximum atomic E-state index is 12.5. The maximum Gasteiger partial charge on any atom is 0.274 e. The van der Waals surface area contributed by atoms with Crippen LogP contribution in [-0.2, 0) is 0 Å². The van der Waals surface area contributed by atoms with Gasteiger partial charge in [0.25, 0.3) is 5.91 Å². The van der Waals surface area contributed by atoms with Gasteiger partial charge in [0.1, 0.15) is 11.5 Å². The summed E-state index contributed by atoms with van der Waals surface area (Å²) in [6, 6.07) is 0.122. The summed E-state index contributed by atoms with van der Waals surface area (Å²) < 4.78 is 0. The third-order valence-corrected chi connectivity index (χ3v) is 3.58. The van der Waals surface area contributed by atoms with Crippen LogP contribution in [0.1, 0.15) is 43.1 Å². The van der Waals surface area contributed by atoms with Crippen molar-refractivity contribution in [1.29, 1.82) is 0 Å². The summed E-state index contributed by atoms with van der Waals surface area (Å²) in [4.78, 5) is 22.7. The average Bonchev–Trinajstić information content (AvgIpc) is 2.49. The highest BCUT2D eigenvalue weighted by Gasteiger charge is 2.27. The van der Waals surface area contributed by atoms with Gasteiger partial charge in [-0.05, 0) is 32.6 Å². The maximum absolute atomic E-state index is 12.5. The summed E-state index contributed by atoms with van der Waals surface area (Å²) in [6.07, 6.45) is 6.81. The van der Waals surface area contributed by atoms with Crippen LogP contribution >= 0.6 is 0 Å². The summed E-state index contributed by atoms with van der Waals surface area (Å²) in [5.41, 5.74) is 0.372. The van der Waals surface area contributed by atoms with Crippen molar-refractivity contribution in [3.05, 3.63) is 18.1 Å². The first-order valence-corrected chi connectivity index (χ1v) is 7.24. The van der Waals surface area contributed by atoms with Crippen molar-refractivity contribution in [1.82, 2.24) is 14.9 Å². The van der Waals surface area contributed by atoms with Crippen molar-refractivity contribution in [3.8, 4) is 0 Å². The molecule has 1 amide bonds. The van der Waals surface area contributed by atoms with Gasteiger partial charge in [-0.15, -0.1) is 0 Å². The molecule has 1 aliphatic rings. The molecule has 0 aliphatic carbocycles. The fraction of sp³-hybridized carbons (Fsp3) is 0.643. The molecule has 0 spiro atoms. The Morgan fingerprint density at radius 2 is 2.30 bits per heavy atom. The Morgan fingerprint density at radius 3 is 2.95 bits per heavy atom. The van der Waals surface area contributed by atoms with Crippen molar-refractivity contribution in [2.24, 2.45) is 0 Å². The van der Waals surface area contributed by atoms with Crippen LogP contribution < -0.4 is 5.32 Å². The molecule has 110 valence electrons. The molecular weight excluding hydrogens is 256 g/mol. The van der Waals surface area contributed by atoms with Crippen LogP contribution in [0, 0.1) is 0 Å². The van der Waals surface area contributed by atoms with E-state index in [0.717, 1.165) is 32.4 Å². The molecule has 1 atom stereocenters. The second kappa shape index (κ2) is 7.19. The fourth-order valence-electron chi connectivity index (χ4n) is 2.58. The van der Waals surface area contributed by atoms with Gasteiger partial charge in [0.15, 0.2) is 0 Å². The largest absolute Gasteiger partial charge is 0.396 e. The number of carbonyl (C=O) groups excluding carboxylic acids is 1. The van der Waals surface area contributed by atoms with Gasteiger partial charge >= 0.3 is 0 Å². The van der Waals surface area contributed by atoms with E-state index in [1.807, 2.05) is 11.8 Å². The van der Waals surface area contributed by atoms with Crippen LogP contribution in [-0.4, -0.2) is 51.6 Å². The molecule has 1 unspecified atom stereocenters. The molecule has 1 aromatic rings. The highest BCUT2D eigenvalue weighted by atomic mass is 16.3. The number of rotatable bonds is 5. The van der Waals surface area contributed by atoms with Crippen LogP contribution in [0.25, 0.3) is 0 Å². The Hall–Kier alpha value is -1.69. The lowest BCUT2D eigenvalue weighted by molar-refractivity contribution is 0.0568. The molecule has 0 radical (unpaired) electrons. The van der Waals surface area contributed by atoms with Gasteiger partial charge in [0, 0.05) is 25.7 Å². The van der Waals surface area contributed by atoms with Gasteiger partial charge in [-0.1, -0.05) is 0 Å². The van der Waals surface area contributed by atoms with Crippen molar-refractivity contribution in [3.63, 3.8) is 0 Å². The van der Waals surface area contributed by atoms with Crippen LogP contribution in [0.2, 0.25) is 0 Å². The first kappa shape index (κ1) is 14.7. The zero-order chi connectivity index (χ0) is 14.4. The fourth-order valence-corrected chi connectivity index (χ4v) is 2.58. The molecule has 0 saturated carbocycles. The zero-order valence-electron chi connectivity index (χ0n) is 11.9. The molecule has 2 N–H and O–H groups in total. The standard InChI is InChI=1S/C14H22N4O2/c1-2-15-13-10-16-12(9-17-13)14(20)18-7-4-3-5-11(18)6-8-19/h9-11,19H,2-8H2,1H3,(H,15,17). The van der Waals surface area contributed by atoms with Crippen molar-refractivity contribution < 1.29 is 9.90 Å². The van der Waals surface area contributed by atoms with E-state index in [-0.39, 0.29) is 18.6 Å². The summed E-state index contributed by atoms with van der Waals surface area (Å²) in [6.45, 7) is 3.60. The third-order valence-electron chi connectivity index (χ3n) is 3.58. The number of aliphatic hydroxyl groups is 1. The van der Waals surface area contributed by atoms with Crippen molar-refractivity contribution >= 4 is 11.7 Å². The van der Waals surface area contributed by atoms with Crippen LogP contribution in [0.5, 0.6) is 0 Å². The van der Waals surface area contributed by atoms with Crippen LogP contribution in [0.3, 0.4) is 0 Å². The first-order valence-electron chi connectivity index (χ1n) is 7.24. The number of hydrogen-bond donors (Lipinski definition) is 2. The molecule has 2 rings (SSSR count). The van der Waals surface area contributed by atoms with Gasteiger partial charge in [-0.25, -0.2) is 9.97 Å². The van der Waals surface area contributed by atoms with E-state index in [9.17, 15) is 4.79 Å². The topological polar surface area (TPSA) is 78.4 Å². The number of carbonyl (C=O) groups is 1.